The predicted octanol–water partition coefficient (Wildman–Crippen LogP) is 2.27. The smallest absolute Gasteiger partial charge is 0.422 e. The fourth-order valence-corrected chi connectivity index (χ4v) is 2.33. The Morgan fingerprint density at radius 1 is 1.41 bits per heavy atom. The van der Waals surface area contributed by atoms with Crippen molar-refractivity contribution in [1.82, 2.24) is 9.88 Å². The van der Waals surface area contributed by atoms with E-state index in [1.54, 1.807) is 0 Å². The molecule has 0 aromatic carbocycles. The lowest BCUT2D eigenvalue weighted by Crippen LogP contribution is -2.48. The van der Waals surface area contributed by atoms with Crippen LogP contribution in [0.4, 0.5) is 13.2 Å². The topological polar surface area (TPSA) is 51.7 Å². The average Bonchev–Trinajstić information content (AvgIpc) is 2.43. The van der Waals surface area contributed by atoms with Gasteiger partial charge in [0.15, 0.2) is 6.61 Å². The SMILES string of the molecule is CC1CN(C(=O)c2cccnc2OCC(F)(F)F)CC(C)O1. The molecule has 22 heavy (non-hydrogen) atoms. The van der Waals surface area contributed by atoms with Crippen molar-refractivity contribution in [3.63, 3.8) is 0 Å². The molecule has 5 nitrogen and oxygen atoms in total. The first-order chi connectivity index (χ1) is 10.3. The van der Waals surface area contributed by atoms with E-state index in [0.29, 0.717) is 13.1 Å². The highest BCUT2D eigenvalue weighted by Crippen LogP contribution is 2.22. The Morgan fingerprint density at radius 2 is 2.05 bits per heavy atom. The molecule has 2 atom stereocenters. The normalized spacial score (nSPS) is 22.5. The summed E-state index contributed by atoms with van der Waals surface area (Å²) < 4.78 is 47.0. The van der Waals surface area contributed by atoms with Crippen molar-refractivity contribution in [2.24, 2.45) is 0 Å². The third-order valence-electron chi connectivity index (χ3n) is 3.08. The van der Waals surface area contributed by atoms with Gasteiger partial charge in [-0.05, 0) is 26.0 Å². The number of rotatable bonds is 3. The van der Waals surface area contributed by atoms with Crippen LogP contribution in [0.2, 0.25) is 0 Å². The highest BCUT2D eigenvalue weighted by Gasteiger charge is 2.31. The van der Waals surface area contributed by atoms with Crippen LogP contribution in [0.5, 0.6) is 5.88 Å². The maximum absolute atomic E-state index is 12.5. The summed E-state index contributed by atoms with van der Waals surface area (Å²) in [5.41, 5.74) is 0.0213. The van der Waals surface area contributed by atoms with Crippen molar-refractivity contribution >= 4 is 5.91 Å². The van der Waals surface area contributed by atoms with Gasteiger partial charge in [-0.2, -0.15) is 13.2 Å². The van der Waals surface area contributed by atoms with E-state index in [1.165, 1.54) is 23.2 Å². The van der Waals surface area contributed by atoms with Crippen LogP contribution in [-0.4, -0.2) is 53.9 Å². The summed E-state index contributed by atoms with van der Waals surface area (Å²) in [7, 11) is 0. The lowest BCUT2D eigenvalue weighted by atomic mass is 10.2. The van der Waals surface area contributed by atoms with Crippen molar-refractivity contribution in [1.29, 1.82) is 0 Å². The van der Waals surface area contributed by atoms with Crippen molar-refractivity contribution in [2.75, 3.05) is 19.7 Å². The van der Waals surface area contributed by atoms with Crippen LogP contribution in [0.3, 0.4) is 0 Å². The Morgan fingerprint density at radius 3 is 2.64 bits per heavy atom. The van der Waals surface area contributed by atoms with Gasteiger partial charge >= 0.3 is 6.18 Å². The van der Waals surface area contributed by atoms with Gasteiger partial charge in [0.25, 0.3) is 5.91 Å². The highest BCUT2D eigenvalue weighted by atomic mass is 19.4. The van der Waals surface area contributed by atoms with E-state index in [2.05, 4.69) is 9.72 Å². The Kier molecular flexibility index (Phi) is 4.90. The molecule has 8 heteroatoms. The number of amides is 1. The standard InChI is InChI=1S/C14H17F3N2O3/c1-9-6-19(7-10(2)22-9)13(20)11-4-3-5-18-12(11)21-8-14(15,16)17/h3-5,9-10H,6-8H2,1-2H3. The van der Waals surface area contributed by atoms with E-state index in [9.17, 15) is 18.0 Å². The second-order valence-corrected chi connectivity index (χ2v) is 5.23. The van der Waals surface area contributed by atoms with Gasteiger partial charge in [0, 0.05) is 19.3 Å². The number of nitrogens with zero attached hydrogens (tertiary/aromatic N) is 2. The van der Waals surface area contributed by atoms with E-state index >= 15 is 0 Å². The molecule has 0 bridgehead atoms. The monoisotopic (exact) mass is 318 g/mol. The zero-order chi connectivity index (χ0) is 16.3. The highest BCUT2D eigenvalue weighted by molar-refractivity contribution is 5.96. The van der Waals surface area contributed by atoms with Crippen molar-refractivity contribution in [3.05, 3.63) is 23.9 Å². The van der Waals surface area contributed by atoms with Crippen LogP contribution in [-0.2, 0) is 4.74 Å². The number of hydrogen-bond acceptors (Lipinski definition) is 4. The molecule has 2 heterocycles. The molecular weight excluding hydrogens is 301 g/mol. The molecule has 2 unspecified atom stereocenters. The number of pyridine rings is 1. The van der Waals surface area contributed by atoms with E-state index < -0.39 is 18.7 Å². The Bertz CT molecular complexity index is 526. The molecule has 122 valence electrons. The number of hydrogen-bond donors (Lipinski definition) is 0. The maximum Gasteiger partial charge on any atom is 0.422 e. The summed E-state index contributed by atoms with van der Waals surface area (Å²) in [5, 5.41) is 0. The van der Waals surface area contributed by atoms with Crippen LogP contribution in [0.15, 0.2) is 18.3 Å². The number of carbonyl (C=O) groups is 1. The largest absolute Gasteiger partial charge is 0.467 e. The van der Waals surface area contributed by atoms with Gasteiger partial charge in [0.2, 0.25) is 5.88 Å². The number of alkyl halides is 3. The fraction of sp³-hybridized carbons (Fsp3) is 0.571. The molecule has 1 aliphatic heterocycles. The first-order valence-corrected chi connectivity index (χ1v) is 6.85. The first-order valence-electron chi connectivity index (χ1n) is 6.85. The lowest BCUT2D eigenvalue weighted by Gasteiger charge is -2.35. The third-order valence-corrected chi connectivity index (χ3v) is 3.08. The molecule has 1 amide bonds. The van der Waals surface area contributed by atoms with Crippen LogP contribution in [0.25, 0.3) is 0 Å². The quantitative estimate of drug-likeness (QED) is 0.858. The number of morpholine rings is 1. The fourth-order valence-electron chi connectivity index (χ4n) is 2.33. The van der Waals surface area contributed by atoms with Gasteiger partial charge in [-0.15, -0.1) is 0 Å². The molecule has 2 rings (SSSR count). The minimum Gasteiger partial charge on any atom is -0.467 e. The summed E-state index contributed by atoms with van der Waals surface area (Å²) in [6.07, 6.45) is -3.47. The average molecular weight is 318 g/mol. The molecule has 0 spiro atoms. The number of aromatic nitrogens is 1. The van der Waals surface area contributed by atoms with Gasteiger partial charge in [-0.3, -0.25) is 4.79 Å². The van der Waals surface area contributed by atoms with E-state index in [4.69, 9.17) is 4.74 Å². The molecule has 1 aromatic heterocycles. The summed E-state index contributed by atoms with van der Waals surface area (Å²) in [6.45, 7) is 2.92. The Labute approximate surface area is 126 Å². The lowest BCUT2D eigenvalue weighted by molar-refractivity contribution is -0.154. The van der Waals surface area contributed by atoms with Gasteiger partial charge in [0.05, 0.1) is 12.2 Å². The second-order valence-electron chi connectivity index (χ2n) is 5.23. The number of ether oxygens (including phenoxy) is 2. The minimum atomic E-state index is -4.49. The molecule has 1 fully saturated rings. The van der Waals surface area contributed by atoms with Gasteiger partial charge < -0.3 is 14.4 Å². The third kappa shape index (κ3) is 4.33. The molecule has 1 aliphatic rings. The molecule has 0 saturated carbocycles. The van der Waals surface area contributed by atoms with Crippen LogP contribution in [0, 0.1) is 0 Å². The van der Waals surface area contributed by atoms with Gasteiger partial charge in [-0.25, -0.2) is 4.98 Å². The molecule has 0 N–H and O–H groups in total. The summed E-state index contributed by atoms with van der Waals surface area (Å²) in [6, 6.07) is 2.90. The van der Waals surface area contributed by atoms with Crippen LogP contribution >= 0.6 is 0 Å². The molecular formula is C14H17F3N2O3. The van der Waals surface area contributed by atoms with Crippen molar-refractivity contribution in [3.8, 4) is 5.88 Å². The molecule has 1 saturated heterocycles. The predicted molar refractivity (Wildman–Crippen MR) is 71.7 cm³/mol. The zero-order valence-electron chi connectivity index (χ0n) is 12.3. The summed E-state index contributed by atoms with van der Waals surface area (Å²) >= 11 is 0. The molecule has 0 aliphatic carbocycles. The van der Waals surface area contributed by atoms with E-state index in [1.807, 2.05) is 13.8 Å². The van der Waals surface area contributed by atoms with E-state index in [-0.39, 0.29) is 23.7 Å². The second kappa shape index (κ2) is 6.51. The summed E-state index contributed by atoms with van der Waals surface area (Å²) in [4.78, 5) is 17.8. The Hall–Kier alpha value is -1.83. The van der Waals surface area contributed by atoms with E-state index in [0.717, 1.165) is 0 Å². The van der Waals surface area contributed by atoms with Gasteiger partial charge in [-0.1, -0.05) is 0 Å². The number of carbonyl (C=O) groups excluding carboxylic acids is 1. The number of halogens is 3. The van der Waals surface area contributed by atoms with Crippen molar-refractivity contribution < 1.29 is 27.4 Å². The molecule has 1 aromatic rings. The first kappa shape index (κ1) is 16.5. The van der Waals surface area contributed by atoms with Crippen molar-refractivity contribution in [2.45, 2.75) is 32.2 Å². The summed E-state index contributed by atoms with van der Waals surface area (Å²) in [5.74, 6) is -0.719. The van der Waals surface area contributed by atoms with Gasteiger partial charge in [0.1, 0.15) is 5.56 Å². The minimum absolute atomic E-state index is 0.0213. The Balaban J connectivity index is 2.15. The van der Waals surface area contributed by atoms with Crippen LogP contribution in [0.1, 0.15) is 24.2 Å². The maximum atomic E-state index is 12.5. The zero-order valence-corrected chi connectivity index (χ0v) is 12.3. The molecule has 0 radical (unpaired) electrons. The van der Waals surface area contributed by atoms with Crippen LogP contribution < -0.4 is 4.74 Å².